The Morgan fingerprint density at radius 1 is 1.00 bits per heavy atom. The van der Waals surface area contributed by atoms with E-state index >= 15 is 5.21 Å². The molecule has 3 aliphatic rings. The number of nitrogens with two attached hydrogens (primary N) is 2. The molecule has 6 N–H and O–H groups in total. The number of quaternary nitrogens is 1. The van der Waals surface area contributed by atoms with Gasteiger partial charge in [0.2, 0.25) is 0 Å². The third-order valence-corrected chi connectivity index (χ3v) is 9.18. The van der Waals surface area contributed by atoms with Gasteiger partial charge in [-0.2, -0.15) is 0 Å². The molecule has 9 nitrogen and oxygen atoms in total. The van der Waals surface area contributed by atoms with Gasteiger partial charge in [0.1, 0.15) is 18.1 Å². The van der Waals surface area contributed by atoms with Gasteiger partial charge in [-0.15, -0.1) is 0 Å². The van der Waals surface area contributed by atoms with Crippen LogP contribution >= 0.6 is 0 Å². The van der Waals surface area contributed by atoms with Crippen LogP contribution in [0.2, 0.25) is 0 Å². The molecule has 2 heterocycles. The van der Waals surface area contributed by atoms with E-state index in [-0.39, 0.29) is 36.3 Å². The largest absolute Gasteiger partial charge is 0.627 e. The molecule has 3 aromatic carbocycles. The fraction of sp³-hybridized carbons (Fsp3) is 0.406. The molecule has 1 saturated heterocycles. The van der Waals surface area contributed by atoms with Crippen molar-refractivity contribution in [2.24, 2.45) is 11.5 Å². The average Bonchev–Trinajstić information content (AvgIpc) is 3.61. The Kier molecular flexibility index (Phi) is 7.27. The van der Waals surface area contributed by atoms with E-state index in [0.29, 0.717) is 23.2 Å². The fourth-order valence-electron chi connectivity index (χ4n) is 6.85. The predicted molar refractivity (Wildman–Crippen MR) is 161 cm³/mol. The highest BCUT2D eigenvalue weighted by atomic mass is 16.6. The van der Waals surface area contributed by atoms with Crippen LogP contribution in [0.15, 0.2) is 54.6 Å². The molecular weight excluding hydrogens is 516 g/mol. The van der Waals surface area contributed by atoms with Crippen molar-refractivity contribution in [2.75, 3.05) is 13.1 Å². The molecule has 0 radical (unpaired) electrons. The van der Waals surface area contributed by atoms with E-state index < -0.39 is 10.7 Å². The molecule has 41 heavy (non-hydrogen) atoms. The monoisotopic (exact) mass is 554 g/mol. The Bertz CT molecular complexity index is 1510. The maximum atomic E-state index is 15.1. The summed E-state index contributed by atoms with van der Waals surface area (Å²) < 4.78 is -0.877. The molecule has 0 aromatic heterocycles. The molecule has 2 fully saturated rings. The molecule has 2 aliphatic heterocycles. The lowest BCUT2D eigenvalue weighted by Crippen LogP contribution is -2.57. The van der Waals surface area contributed by atoms with Crippen LogP contribution < -0.4 is 21.4 Å². The van der Waals surface area contributed by atoms with Crippen molar-refractivity contribution < 1.29 is 9.59 Å². The number of hydroxylamine groups is 2. The smallest absolute Gasteiger partial charge is 0.279 e. The summed E-state index contributed by atoms with van der Waals surface area (Å²) in [5.41, 5.74) is 15.0. The Labute approximate surface area is 240 Å². The molecule has 1 saturated carbocycles. The number of hydrogen-bond donors (Lipinski definition) is 4. The summed E-state index contributed by atoms with van der Waals surface area (Å²) in [5.74, 6) is -0.370. The maximum Gasteiger partial charge on any atom is 0.279 e. The number of carbonyl (C=O) groups is 2. The number of hydrogen-bond acceptors (Lipinski definition) is 5. The quantitative estimate of drug-likeness (QED) is 0.159. The van der Waals surface area contributed by atoms with Gasteiger partial charge < -0.3 is 31.5 Å². The number of fused-ring (bicyclic) bond motifs is 2. The number of nitrogen functional groups attached to an aromatic ring is 1. The van der Waals surface area contributed by atoms with Gasteiger partial charge in [0.25, 0.3) is 11.8 Å². The number of nitrogens with one attached hydrogen (secondary N) is 2. The molecular formula is C32H38N6O3. The highest BCUT2D eigenvalue weighted by Crippen LogP contribution is 2.42. The summed E-state index contributed by atoms with van der Waals surface area (Å²) in [6, 6.07) is 15.9. The van der Waals surface area contributed by atoms with E-state index in [2.05, 4.69) is 5.32 Å². The molecule has 2 unspecified atom stereocenters. The van der Waals surface area contributed by atoms with Crippen molar-refractivity contribution in [1.29, 1.82) is 5.41 Å². The number of benzene rings is 3. The minimum Gasteiger partial charge on any atom is -0.627 e. The number of carbonyl (C=O) groups excluding carboxylic acids is 2. The molecule has 0 spiro atoms. The highest BCUT2D eigenvalue weighted by molar-refractivity contribution is 6.08. The Morgan fingerprint density at radius 2 is 1.71 bits per heavy atom. The Hall–Kier alpha value is -3.79. The second-order valence-corrected chi connectivity index (χ2v) is 11.9. The van der Waals surface area contributed by atoms with Gasteiger partial charge in [-0.3, -0.25) is 15.0 Å². The van der Waals surface area contributed by atoms with Crippen LogP contribution in [0.1, 0.15) is 65.6 Å². The third-order valence-electron chi connectivity index (χ3n) is 9.18. The molecule has 2 atom stereocenters. The molecule has 0 bridgehead atoms. The third kappa shape index (κ3) is 5.09. The van der Waals surface area contributed by atoms with Crippen LogP contribution in [0.5, 0.6) is 0 Å². The van der Waals surface area contributed by atoms with Gasteiger partial charge in [0.15, 0.2) is 6.04 Å². The predicted octanol–water partition coefficient (Wildman–Crippen LogP) is 3.68. The molecule has 2 amide bonds. The van der Waals surface area contributed by atoms with Crippen molar-refractivity contribution in [1.82, 2.24) is 14.9 Å². The normalized spacial score (nSPS) is 25.7. The molecule has 3 aromatic rings. The zero-order valence-electron chi connectivity index (χ0n) is 23.3. The van der Waals surface area contributed by atoms with Crippen molar-refractivity contribution in [3.63, 3.8) is 0 Å². The first kappa shape index (κ1) is 27.4. The van der Waals surface area contributed by atoms with E-state index in [1.54, 1.807) is 12.1 Å². The summed E-state index contributed by atoms with van der Waals surface area (Å²) >= 11 is 0. The van der Waals surface area contributed by atoms with Crippen molar-refractivity contribution in [2.45, 2.75) is 69.6 Å². The number of amides is 2. The fourth-order valence-corrected chi connectivity index (χ4v) is 6.85. The van der Waals surface area contributed by atoms with Crippen LogP contribution in [0, 0.1) is 10.6 Å². The first-order valence-electron chi connectivity index (χ1n) is 14.7. The zero-order valence-corrected chi connectivity index (χ0v) is 23.3. The van der Waals surface area contributed by atoms with E-state index in [4.69, 9.17) is 16.9 Å². The van der Waals surface area contributed by atoms with Gasteiger partial charge in [-0.05, 0) is 55.4 Å². The van der Waals surface area contributed by atoms with Gasteiger partial charge in [-0.25, -0.2) is 0 Å². The van der Waals surface area contributed by atoms with Crippen molar-refractivity contribution >= 4 is 34.1 Å². The summed E-state index contributed by atoms with van der Waals surface area (Å²) in [7, 11) is 0. The van der Waals surface area contributed by atoms with E-state index in [1.807, 2.05) is 47.4 Å². The van der Waals surface area contributed by atoms with Crippen LogP contribution in [0.3, 0.4) is 0 Å². The summed E-state index contributed by atoms with van der Waals surface area (Å²) in [4.78, 5) is 29.0. The van der Waals surface area contributed by atoms with Gasteiger partial charge >= 0.3 is 0 Å². The Morgan fingerprint density at radius 3 is 2.41 bits per heavy atom. The second kappa shape index (κ2) is 10.9. The first-order chi connectivity index (χ1) is 19.7. The maximum absolute atomic E-state index is 15.1. The number of rotatable bonds is 6. The summed E-state index contributed by atoms with van der Waals surface area (Å²) in [6.45, 7) is 1.53. The lowest BCUT2D eigenvalue weighted by atomic mass is 9.91. The van der Waals surface area contributed by atoms with E-state index in [9.17, 15) is 9.59 Å². The minimum absolute atomic E-state index is 0.00366. The average molecular weight is 555 g/mol. The van der Waals surface area contributed by atoms with Crippen molar-refractivity contribution in [3.05, 3.63) is 82.1 Å². The first-order valence-corrected chi connectivity index (χ1v) is 14.7. The SMILES string of the molecule is N=C(N)c1ccc2c(c1)[N+]([O-])(Cc1ccc(C(=O)N3CCCC3)c3ccccc13)C(C(=O)NC1CCC(N)CC1)C2. The molecule has 9 heteroatoms. The van der Waals surface area contributed by atoms with E-state index in [1.165, 1.54) is 0 Å². The molecule has 1 aliphatic carbocycles. The lowest BCUT2D eigenvalue weighted by molar-refractivity contribution is -0.126. The van der Waals surface area contributed by atoms with Crippen LogP contribution in [0.4, 0.5) is 5.69 Å². The zero-order chi connectivity index (χ0) is 28.7. The van der Waals surface area contributed by atoms with E-state index in [0.717, 1.165) is 73.5 Å². The topological polar surface area (TPSA) is 148 Å². The minimum atomic E-state index is -0.882. The van der Waals surface area contributed by atoms with Gasteiger partial charge in [0.05, 0.1) is 0 Å². The van der Waals surface area contributed by atoms with Crippen LogP contribution in [-0.2, 0) is 17.8 Å². The summed E-state index contributed by atoms with van der Waals surface area (Å²) in [6.07, 6.45) is 5.63. The summed E-state index contributed by atoms with van der Waals surface area (Å²) in [5, 5.41) is 27.8. The lowest BCUT2D eigenvalue weighted by Gasteiger charge is -2.44. The standard InChI is InChI=1S/C32H38N6O3/c33-23-10-12-24(13-11-23)36-31(39)29-17-20-7-8-21(30(34)35)18-28(20)38(29,41)19-22-9-14-27(26-6-2-1-5-25(22)26)32(40)37-15-3-4-16-37/h1-2,5-9,14,18,23-24,29H,3-4,10-13,15-17,19,33H2,(H3,34,35)(H,36,39). The van der Waals surface area contributed by atoms with Gasteiger partial charge in [0, 0.05) is 59.9 Å². The molecule has 6 rings (SSSR count). The van der Waals surface area contributed by atoms with Crippen LogP contribution in [0.25, 0.3) is 10.8 Å². The number of likely N-dealkylation sites (tertiary alicyclic amines) is 1. The van der Waals surface area contributed by atoms with Crippen molar-refractivity contribution in [3.8, 4) is 0 Å². The Balaban J connectivity index is 1.38. The van der Waals surface area contributed by atoms with Crippen LogP contribution in [-0.4, -0.2) is 53.8 Å². The number of nitrogens with zero attached hydrogens (tertiary/aromatic N) is 2. The van der Waals surface area contributed by atoms with Gasteiger partial charge in [-0.1, -0.05) is 42.5 Å². The molecule has 214 valence electrons. The number of amidine groups is 1. The second-order valence-electron chi connectivity index (χ2n) is 11.9. The highest BCUT2D eigenvalue weighted by Gasteiger charge is 2.46.